The number of rotatable bonds is 40. The predicted molar refractivity (Wildman–Crippen MR) is 224 cm³/mol. The van der Waals surface area contributed by atoms with Crippen LogP contribution in [-0.2, 0) is 32.7 Å². The maximum atomic E-state index is 12.6. The van der Waals surface area contributed by atoms with Gasteiger partial charge in [-0.15, -0.1) is 0 Å². The summed E-state index contributed by atoms with van der Waals surface area (Å²) >= 11 is 0. The van der Waals surface area contributed by atoms with Gasteiger partial charge in [0.15, 0.2) is 6.10 Å². The molecule has 0 amide bonds. The van der Waals surface area contributed by atoms with Gasteiger partial charge in [0.05, 0.1) is 19.8 Å². The first-order chi connectivity index (χ1) is 26.7. The van der Waals surface area contributed by atoms with E-state index in [2.05, 4.69) is 67.0 Å². The van der Waals surface area contributed by atoms with Crippen molar-refractivity contribution in [3.05, 3.63) is 48.6 Å². The molecule has 0 heterocycles. The molecule has 0 aliphatic heterocycles. The number of hydrogen-bond acceptors (Lipinski definition) is 9. The molecule has 10 nitrogen and oxygen atoms in total. The summed E-state index contributed by atoms with van der Waals surface area (Å²) in [6.45, 7) is 2.31. The van der Waals surface area contributed by atoms with E-state index in [1.54, 1.807) is 0 Å². The number of aliphatic hydroxyl groups excluding tert-OH is 2. The van der Waals surface area contributed by atoms with E-state index in [0.29, 0.717) is 12.8 Å². The number of carbonyl (C=O) groups is 2. The molecular weight excluding hydrogens is 719 g/mol. The second kappa shape index (κ2) is 40.1. The van der Waals surface area contributed by atoms with Crippen LogP contribution in [0.3, 0.4) is 0 Å². The van der Waals surface area contributed by atoms with Crippen LogP contribution in [0.25, 0.3) is 0 Å². The summed E-state index contributed by atoms with van der Waals surface area (Å²) in [5.74, 6) is -0.960. The Morgan fingerprint density at radius 3 is 1.45 bits per heavy atom. The van der Waals surface area contributed by atoms with Crippen molar-refractivity contribution in [2.24, 2.45) is 0 Å². The molecule has 320 valence electrons. The molecule has 0 aromatic heterocycles. The molecule has 3 N–H and O–H groups in total. The summed E-state index contributed by atoms with van der Waals surface area (Å²) in [5, 5.41) is 18.3. The van der Waals surface area contributed by atoms with Gasteiger partial charge >= 0.3 is 19.8 Å². The predicted octanol–water partition coefficient (Wildman–Crippen LogP) is 11.3. The number of allylic oxidation sites excluding steroid dienone is 8. The van der Waals surface area contributed by atoms with Crippen molar-refractivity contribution in [3.8, 4) is 0 Å². The highest BCUT2D eigenvalue weighted by atomic mass is 31.2. The molecule has 0 radical (unpaired) electrons. The van der Waals surface area contributed by atoms with Gasteiger partial charge in [-0.05, 0) is 57.8 Å². The zero-order valence-corrected chi connectivity index (χ0v) is 35.5. The molecule has 11 heteroatoms. The lowest BCUT2D eigenvalue weighted by atomic mass is 10.0. The fraction of sp³-hybridized carbons (Fsp3) is 0.773. The molecule has 0 bridgehead atoms. The summed E-state index contributed by atoms with van der Waals surface area (Å²) in [4.78, 5) is 34.9. The minimum absolute atomic E-state index is 0.147. The van der Waals surface area contributed by atoms with Crippen LogP contribution < -0.4 is 0 Å². The van der Waals surface area contributed by atoms with Gasteiger partial charge in [-0.2, -0.15) is 0 Å². The van der Waals surface area contributed by atoms with E-state index in [4.69, 9.17) is 19.1 Å². The SMILES string of the molecule is CCCCC/C=C\C/C=C\C/C=C\C/C=C\CCCCCC(=O)O[C@H](COC(=O)CCCCCCCCCCCCCCC)COP(=O)(O)OC[C@@H](O)CO. The second-order valence-corrected chi connectivity index (χ2v) is 15.8. The van der Waals surface area contributed by atoms with E-state index in [9.17, 15) is 24.2 Å². The first-order valence-electron chi connectivity index (χ1n) is 21.6. The Bertz CT molecular complexity index is 1060. The highest BCUT2D eigenvalue weighted by Gasteiger charge is 2.27. The Hall–Kier alpha value is -2.07. The van der Waals surface area contributed by atoms with Gasteiger partial charge in [0.2, 0.25) is 0 Å². The summed E-state index contributed by atoms with van der Waals surface area (Å²) < 4.78 is 32.7. The average Bonchev–Trinajstić information content (AvgIpc) is 3.17. The number of hydrogen-bond donors (Lipinski definition) is 3. The lowest BCUT2D eigenvalue weighted by molar-refractivity contribution is -0.161. The van der Waals surface area contributed by atoms with Crippen LogP contribution in [0.5, 0.6) is 0 Å². The first kappa shape index (κ1) is 52.9. The number of carbonyl (C=O) groups excluding carboxylic acids is 2. The third-order valence-corrected chi connectivity index (χ3v) is 9.94. The maximum absolute atomic E-state index is 12.6. The van der Waals surface area contributed by atoms with E-state index in [1.165, 1.54) is 83.5 Å². The second-order valence-electron chi connectivity index (χ2n) is 14.4. The minimum atomic E-state index is -4.62. The fourth-order valence-electron chi connectivity index (χ4n) is 5.62. The van der Waals surface area contributed by atoms with Crippen LogP contribution in [-0.4, -0.2) is 65.7 Å². The Morgan fingerprint density at radius 1 is 0.545 bits per heavy atom. The lowest BCUT2D eigenvalue weighted by Gasteiger charge is -2.20. The lowest BCUT2D eigenvalue weighted by Crippen LogP contribution is -2.29. The van der Waals surface area contributed by atoms with Gasteiger partial charge in [0, 0.05) is 12.8 Å². The van der Waals surface area contributed by atoms with Crippen molar-refractivity contribution in [3.63, 3.8) is 0 Å². The monoisotopic (exact) mass is 799 g/mol. The Kier molecular flexibility index (Phi) is 38.6. The number of esters is 2. The van der Waals surface area contributed by atoms with Crippen LogP contribution in [0.2, 0.25) is 0 Å². The third-order valence-electron chi connectivity index (χ3n) is 8.99. The van der Waals surface area contributed by atoms with E-state index < -0.39 is 51.8 Å². The van der Waals surface area contributed by atoms with Crippen molar-refractivity contribution in [1.82, 2.24) is 0 Å². The Balaban J connectivity index is 4.37. The number of ether oxygens (including phenoxy) is 2. The largest absolute Gasteiger partial charge is 0.472 e. The van der Waals surface area contributed by atoms with Gasteiger partial charge in [0.1, 0.15) is 12.7 Å². The molecular formula is C44H79O10P. The molecule has 0 aromatic rings. The van der Waals surface area contributed by atoms with Crippen molar-refractivity contribution in [2.45, 2.75) is 193 Å². The van der Waals surface area contributed by atoms with Gasteiger partial charge in [-0.25, -0.2) is 4.57 Å². The van der Waals surface area contributed by atoms with Crippen LogP contribution >= 0.6 is 7.82 Å². The summed E-state index contributed by atoms with van der Waals surface area (Å²) in [6, 6.07) is 0. The molecule has 3 atom stereocenters. The smallest absolute Gasteiger partial charge is 0.462 e. The zero-order chi connectivity index (χ0) is 40.5. The molecule has 0 aliphatic rings. The Labute approximate surface area is 334 Å². The zero-order valence-electron chi connectivity index (χ0n) is 34.6. The van der Waals surface area contributed by atoms with E-state index >= 15 is 0 Å². The topological polar surface area (TPSA) is 149 Å². The highest BCUT2D eigenvalue weighted by molar-refractivity contribution is 7.47. The van der Waals surface area contributed by atoms with Gasteiger partial charge in [-0.3, -0.25) is 18.6 Å². The van der Waals surface area contributed by atoms with Crippen molar-refractivity contribution < 1.29 is 47.8 Å². The fourth-order valence-corrected chi connectivity index (χ4v) is 6.41. The molecule has 0 rings (SSSR count). The summed E-state index contributed by atoms with van der Waals surface area (Å²) in [7, 11) is -4.62. The molecule has 0 aromatic carbocycles. The standard InChI is InChI=1S/C44H79O10P/c1-3-5-7-9-11-13-15-17-18-19-20-21-22-24-26-28-30-32-34-36-44(48)54-42(40-53-55(49,50)52-38-41(46)37-45)39-51-43(47)35-33-31-29-27-25-23-16-14-12-10-8-6-4-2/h11,13,17-18,20-21,24,26,41-42,45-46H,3-10,12,14-16,19,22-23,25,27-40H2,1-2H3,(H,49,50)/b13-11-,18-17-,21-20-,26-24-/t41-,42+/m0/s1. The van der Waals surface area contributed by atoms with Gasteiger partial charge in [0.25, 0.3) is 0 Å². The quantitative estimate of drug-likeness (QED) is 0.0237. The number of unbranched alkanes of at least 4 members (excludes halogenated alkanes) is 18. The van der Waals surface area contributed by atoms with Crippen molar-refractivity contribution >= 4 is 19.8 Å². The maximum Gasteiger partial charge on any atom is 0.472 e. The molecule has 55 heavy (non-hydrogen) atoms. The van der Waals surface area contributed by atoms with Gasteiger partial charge in [-0.1, -0.05) is 159 Å². The normalized spacial score (nSPS) is 14.3. The van der Waals surface area contributed by atoms with Crippen molar-refractivity contribution in [2.75, 3.05) is 26.4 Å². The molecule has 1 unspecified atom stereocenters. The summed E-state index contributed by atoms with van der Waals surface area (Å²) in [5.41, 5.74) is 0. The van der Waals surface area contributed by atoms with E-state index in [0.717, 1.165) is 57.8 Å². The van der Waals surface area contributed by atoms with Gasteiger partial charge < -0.3 is 24.6 Å². The van der Waals surface area contributed by atoms with Crippen LogP contribution in [0.1, 0.15) is 181 Å². The molecule has 0 aliphatic carbocycles. The number of phosphoric acid groups is 1. The highest BCUT2D eigenvalue weighted by Crippen LogP contribution is 2.43. The molecule has 0 saturated heterocycles. The number of phosphoric ester groups is 1. The van der Waals surface area contributed by atoms with Crippen molar-refractivity contribution in [1.29, 1.82) is 0 Å². The Morgan fingerprint density at radius 2 is 0.945 bits per heavy atom. The first-order valence-corrected chi connectivity index (χ1v) is 23.1. The minimum Gasteiger partial charge on any atom is -0.462 e. The summed E-state index contributed by atoms with van der Waals surface area (Å²) in [6.07, 6.45) is 42.2. The van der Waals surface area contributed by atoms with E-state index in [-0.39, 0.29) is 19.4 Å². The van der Waals surface area contributed by atoms with Crippen LogP contribution in [0.15, 0.2) is 48.6 Å². The third kappa shape index (κ3) is 39.9. The average molecular weight is 799 g/mol. The molecule has 0 saturated carbocycles. The molecule has 0 fully saturated rings. The van der Waals surface area contributed by atoms with Crippen LogP contribution in [0.4, 0.5) is 0 Å². The number of aliphatic hydroxyl groups is 2. The molecule has 0 spiro atoms. The van der Waals surface area contributed by atoms with Crippen LogP contribution in [0, 0.1) is 0 Å². The van der Waals surface area contributed by atoms with E-state index in [1.807, 2.05) is 0 Å².